The SMILES string of the molecule is CCOC(=O)C1(Cc2ccccc2)CN(C(=O)Nc2ccc(OC(F)(F)F)cc2)N=C1c1ccc(C(F)(F)F)c(Cl)c1. The normalized spacial score (nSPS) is 17.0. The monoisotopic (exact) mass is 613 g/mol. The smallest absolute Gasteiger partial charge is 0.465 e. The van der Waals surface area contributed by atoms with Crippen molar-refractivity contribution in [3.8, 4) is 5.75 Å². The van der Waals surface area contributed by atoms with Crippen LogP contribution in [0.15, 0.2) is 77.9 Å². The van der Waals surface area contributed by atoms with Crippen LogP contribution in [0, 0.1) is 5.41 Å². The van der Waals surface area contributed by atoms with E-state index in [4.69, 9.17) is 16.3 Å². The highest BCUT2D eigenvalue weighted by Gasteiger charge is 2.52. The Morgan fingerprint density at radius 2 is 1.67 bits per heavy atom. The summed E-state index contributed by atoms with van der Waals surface area (Å²) in [5, 5.41) is 7.07. The molecule has 14 heteroatoms. The third kappa shape index (κ3) is 6.96. The number of ether oxygens (including phenoxy) is 2. The summed E-state index contributed by atoms with van der Waals surface area (Å²) in [4.78, 5) is 26.8. The van der Waals surface area contributed by atoms with Gasteiger partial charge in [-0.25, -0.2) is 9.80 Å². The van der Waals surface area contributed by atoms with Gasteiger partial charge in [0.2, 0.25) is 0 Å². The molecule has 4 rings (SSSR count). The van der Waals surface area contributed by atoms with Crippen molar-refractivity contribution in [3.63, 3.8) is 0 Å². The first-order valence-electron chi connectivity index (χ1n) is 12.3. The molecule has 1 aliphatic heterocycles. The standard InChI is InChI=1S/C28H22ClF6N3O4/c1-2-41-24(39)26(15-17-6-4-3-5-7-17)16-38(25(40)36-19-9-11-20(12-10-19)42-28(33,34)35)37-23(26)18-8-13-21(22(29)14-18)27(30,31)32/h3-14H,2,15-16H2,1H3,(H,36,40). The zero-order chi connectivity index (χ0) is 30.7. The predicted molar refractivity (Wildman–Crippen MR) is 141 cm³/mol. The third-order valence-corrected chi connectivity index (χ3v) is 6.54. The van der Waals surface area contributed by atoms with Gasteiger partial charge >= 0.3 is 24.5 Å². The number of hydrogen-bond donors (Lipinski definition) is 1. The minimum absolute atomic E-state index is 0.0304. The maximum atomic E-state index is 13.6. The third-order valence-electron chi connectivity index (χ3n) is 6.23. The Hall–Kier alpha value is -4.26. The summed E-state index contributed by atoms with van der Waals surface area (Å²) in [6.07, 6.45) is -9.67. The number of alkyl halides is 6. The molecule has 1 heterocycles. The molecule has 3 aromatic rings. The first-order chi connectivity index (χ1) is 19.7. The fourth-order valence-electron chi connectivity index (χ4n) is 4.44. The summed E-state index contributed by atoms with van der Waals surface area (Å²) < 4.78 is 86.8. The van der Waals surface area contributed by atoms with Crippen LogP contribution in [0.25, 0.3) is 0 Å². The number of amides is 2. The predicted octanol–water partition coefficient (Wildman–Crippen LogP) is 7.30. The van der Waals surface area contributed by atoms with Gasteiger partial charge in [-0.2, -0.15) is 18.3 Å². The van der Waals surface area contributed by atoms with Crippen molar-refractivity contribution in [2.75, 3.05) is 18.5 Å². The number of hydrogen-bond acceptors (Lipinski definition) is 5. The van der Waals surface area contributed by atoms with Crippen LogP contribution in [0.3, 0.4) is 0 Å². The molecule has 1 unspecified atom stereocenters. The minimum atomic E-state index is -4.90. The number of nitrogens with one attached hydrogen (secondary N) is 1. The van der Waals surface area contributed by atoms with E-state index in [-0.39, 0.29) is 36.5 Å². The summed E-state index contributed by atoms with van der Waals surface area (Å²) in [6, 6.07) is 15.0. The van der Waals surface area contributed by atoms with Gasteiger partial charge in [0.1, 0.15) is 11.2 Å². The van der Waals surface area contributed by atoms with Crippen LogP contribution in [0.1, 0.15) is 23.6 Å². The van der Waals surface area contributed by atoms with Crippen molar-refractivity contribution < 1.29 is 45.4 Å². The molecule has 7 nitrogen and oxygen atoms in total. The number of carbonyl (C=O) groups is 2. The maximum Gasteiger partial charge on any atom is 0.573 e. The number of carbonyl (C=O) groups excluding carboxylic acids is 2. The highest BCUT2D eigenvalue weighted by atomic mass is 35.5. The van der Waals surface area contributed by atoms with E-state index in [0.29, 0.717) is 5.56 Å². The lowest BCUT2D eigenvalue weighted by Crippen LogP contribution is -2.46. The van der Waals surface area contributed by atoms with Crippen LogP contribution in [0.4, 0.5) is 36.8 Å². The van der Waals surface area contributed by atoms with Crippen molar-refractivity contribution in [2.24, 2.45) is 10.5 Å². The van der Waals surface area contributed by atoms with E-state index < -0.39 is 46.3 Å². The first kappa shape index (κ1) is 30.7. The second kappa shape index (κ2) is 11.9. The molecule has 42 heavy (non-hydrogen) atoms. The lowest BCUT2D eigenvalue weighted by Gasteiger charge is -2.29. The molecule has 0 spiro atoms. The molecule has 3 aromatic carbocycles. The number of esters is 1. The summed E-state index contributed by atoms with van der Waals surface area (Å²) in [5.41, 5.74) is -2.00. The van der Waals surface area contributed by atoms with E-state index >= 15 is 0 Å². The van der Waals surface area contributed by atoms with Gasteiger partial charge in [-0.15, -0.1) is 13.2 Å². The number of halogens is 7. The topological polar surface area (TPSA) is 80.2 Å². The van der Waals surface area contributed by atoms with Crippen molar-refractivity contribution in [3.05, 3.63) is 94.5 Å². The summed E-state index contributed by atoms with van der Waals surface area (Å²) >= 11 is 5.98. The fraction of sp³-hybridized carbons (Fsp3) is 0.250. The number of benzene rings is 3. The minimum Gasteiger partial charge on any atom is -0.465 e. The van der Waals surface area contributed by atoms with Crippen LogP contribution < -0.4 is 10.1 Å². The highest BCUT2D eigenvalue weighted by molar-refractivity contribution is 6.32. The molecule has 1 atom stereocenters. The second-order valence-corrected chi connectivity index (χ2v) is 9.57. The molecule has 222 valence electrons. The highest BCUT2D eigenvalue weighted by Crippen LogP contribution is 2.40. The molecule has 0 radical (unpaired) electrons. The van der Waals surface area contributed by atoms with E-state index in [0.717, 1.165) is 47.5 Å². The maximum absolute atomic E-state index is 13.6. The molecule has 1 aliphatic rings. The van der Waals surface area contributed by atoms with E-state index in [2.05, 4.69) is 15.2 Å². The van der Waals surface area contributed by atoms with Gasteiger partial charge in [0, 0.05) is 11.3 Å². The molecule has 0 fully saturated rings. The van der Waals surface area contributed by atoms with Crippen LogP contribution >= 0.6 is 11.6 Å². The van der Waals surface area contributed by atoms with Crippen LogP contribution in [-0.2, 0) is 22.1 Å². The van der Waals surface area contributed by atoms with Crippen molar-refractivity contribution in [1.29, 1.82) is 0 Å². The lowest BCUT2D eigenvalue weighted by atomic mass is 9.75. The van der Waals surface area contributed by atoms with Gasteiger partial charge in [-0.1, -0.05) is 48.0 Å². The number of hydrazone groups is 1. The number of urea groups is 1. The van der Waals surface area contributed by atoms with Gasteiger partial charge in [-0.05, 0) is 55.3 Å². The van der Waals surface area contributed by atoms with Gasteiger partial charge in [-0.3, -0.25) is 4.79 Å². The Bertz CT molecular complexity index is 1480. The Morgan fingerprint density at radius 1 is 1.00 bits per heavy atom. The number of anilines is 1. The molecule has 2 amide bonds. The summed E-state index contributed by atoms with van der Waals surface area (Å²) in [6.45, 7) is 1.18. The molecule has 0 bridgehead atoms. The second-order valence-electron chi connectivity index (χ2n) is 9.17. The zero-order valence-corrected chi connectivity index (χ0v) is 22.5. The van der Waals surface area contributed by atoms with Gasteiger partial charge < -0.3 is 14.8 Å². The van der Waals surface area contributed by atoms with Gasteiger partial charge in [0.25, 0.3) is 0 Å². The molecular weight excluding hydrogens is 592 g/mol. The lowest BCUT2D eigenvalue weighted by molar-refractivity contribution is -0.274. The van der Waals surface area contributed by atoms with E-state index in [1.54, 1.807) is 37.3 Å². The number of nitrogens with zero attached hydrogens (tertiary/aromatic N) is 2. The van der Waals surface area contributed by atoms with Gasteiger partial charge in [0.05, 0.1) is 29.4 Å². The van der Waals surface area contributed by atoms with E-state index in [1.165, 1.54) is 0 Å². The van der Waals surface area contributed by atoms with Crippen LogP contribution in [0.2, 0.25) is 5.02 Å². The Labute approximate surface area is 240 Å². The van der Waals surface area contributed by atoms with E-state index in [9.17, 15) is 35.9 Å². The van der Waals surface area contributed by atoms with Crippen molar-refractivity contribution in [1.82, 2.24) is 5.01 Å². The molecule has 0 aliphatic carbocycles. The van der Waals surface area contributed by atoms with Crippen LogP contribution in [0.5, 0.6) is 5.75 Å². The summed E-state index contributed by atoms with van der Waals surface area (Å²) in [5.74, 6) is -1.28. The summed E-state index contributed by atoms with van der Waals surface area (Å²) in [7, 11) is 0. The Balaban J connectivity index is 1.73. The fourth-order valence-corrected chi connectivity index (χ4v) is 4.73. The Kier molecular flexibility index (Phi) is 8.71. The van der Waals surface area contributed by atoms with Crippen molar-refractivity contribution >= 4 is 35.0 Å². The average Bonchev–Trinajstić information content (AvgIpc) is 3.29. The van der Waals surface area contributed by atoms with Gasteiger partial charge in [0.15, 0.2) is 0 Å². The van der Waals surface area contributed by atoms with Crippen LogP contribution in [-0.4, -0.2) is 42.2 Å². The molecule has 0 aromatic heterocycles. The van der Waals surface area contributed by atoms with Crippen molar-refractivity contribution in [2.45, 2.75) is 25.9 Å². The van der Waals surface area contributed by atoms with E-state index in [1.807, 2.05) is 0 Å². The molecule has 1 N–H and O–H groups in total. The Morgan fingerprint density at radius 3 is 2.24 bits per heavy atom. The average molecular weight is 614 g/mol. The molecule has 0 saturated carbocycles. The largest absolute Gasteiger partial charge is 0.573 e. The number of rotatable bonds is 7. The molecular formula is C28H22ClF6N3O4. The first-order valence-corrected chi connectivity index (χ1v) is 12.7. The quantitative estimate of drug-likeness (QED) is 0.224. The molecule has 0 saturated heterocycles. The zero-order valence-electron chi connectivity index (χ0n) is 21.7.